The van der Waals surface area contributed by atoms with Crippen molar-refractivity contribution in [3.05, 3.63) is 46.5 Å². The van der Waals surface area contributed by atoms with Crippen LogP contribution < -0.4 is 19.1 Å². The molecule has 6 nitrogen and oxygen atoms in total. The van der Waals surface area contributed by atoms with E-state index in [1.807, 2.05) is 24.0 Å². The summed E-state index contributed by atoms with van der Waals surface area (Å²) in [4.78, 5) is 17.1. The van der Waals surface area contributed by atoms with Crippen molar-refractivity contribution in [2.75, 3.05) is 52.4 Å². The van der Waals surface area contributed by atoms with Crippen LogP contribution in [0.25, 0.3) is 0 Å². The highest BCUT2D eigenvalue weighted by Crippen LogP contribution is 2.38. The summed E-state index contributed by atoms with van der Waals surface area (Å²) >= 11 is 6.25. The Kier molecular flexibility index (Phi) is 6.19. The molecule has 0 unspecified atom stereocenters. The number of carbonyl (C=O) groups is 1. The van der Waals surface area contributed by atoms with Gasteiger partial charge in [0, 0.05) is 42.5 Å². The molecule has 1 fully saturated rings. The Morgan fingerprint density at radius 2 is 1.57 bits per heavy atom. The predicted octanol–water partition coefficient (Wildman–Crippen LogP) is 3.64. The number of methoxy groups -OCH3 is 3. The van der Waals surface area contributed by atoms with Crippen LogP contribution in [0, 0.1) is 6.92 Å². The number of hydrogen-bond donors (Lipinski definition) is 0. The summed E-state index contributed by atoms with van der Waals surface area (Å²) in [5.74, 6) is 1.36. The van der Waals surface area contributed by atoms with E-state index in [4.69, 9.17) is 25.8 Å². The van der Waals surface area contributed by atoms with E-state index >= 15 is 0 Å². The molecule has 1 saturated heterocycles. The first-order chi connectivity index (χ1) is 13.5. The molecule has 0 aliphatic carbocycles. The van der Waals surface area contributed by atoms with Crippen molar-refractivity contribution in [2.24, 2.45) is 0 Å². The Bertz CT molecular complexity index is 838. The standard InChI is InChI=1S/C21H25ClN2O4/c1-14-16(22)6-5-7-17(14)23-8-10-24(11-9-23)21(25)15-12-18(26-2)20(28-4)19(13-15)27-3/h5-7,12-13H,8-11H2,1-4H3. The largest absolute Gasteiger partial charge is 0.493 e. The SMILES string of the molecule is COc1cc(C(=O)N2CCN(c3cccc(Cl)c3C)CC2)cc(OC)c1OC. The maximum absolute atomic E-state index is 13.0. The average molecular weight is 405 g/mol. The number of piperazine rings is 1. The van der Waals surface area contributed by atoms with Gasteiger partial charge in [-0.05, 0) is 36.8 Å². The second-order valence-corrected chi connectivity index (χ2v) is 6.98. The summed E-state index contributed by atoms with van der Waals surface area (Å²) in [5, 5.41) is 0.758. The minimum absolute atomic E-state index is 0.0540. The number of rotatable bonds is 5. The Morgan fingerprint density at radius 3 is 2.11 bits per heavy atom. The van der Waals surface area contributed by atoms with Crippen LogP contribution in [0.2, 0.25) is 5.02 Å². The maximum Gasteiger partial charge on any atom is 0.254 e. The van der Waals surface area contributed by atoms with Gasteiger partial charge in [-0.15, -0.1) is 0 Å². The van der Waals surface area contributed by atoms with E-state index < -0.39 is 0 Å². The van der Waals surface area contributed by atoms with Gasteiger partial charge in [0.2, 0.25) is 5.75 Å². The minimum atomic E-state index is -0.0540. The zero-order chi connectivity index (χ0) is 20.3. The molecule has 0 saturated carbocycles. The summed E-state index contributed by atoms with van der Waals surface area (Å²) in [5.41, 5.74) is 2.70. The lowest BCUT2D eigenvalue weighted by molar-refractivity contribution is 0.0746. The van der Waals surface area contributed by atoms with Gasteiger partial charge in [-0.2, -0.15) is 0 Å². The van der Waals surface area contributed by atoms with E-state index in [0.29, 0.717) is 35.9 Å². The highest BCUT2D eigenvalue weighted by Gasteiger charge is 2.25. The molecule has 2 aromatic rings. The fourth-order valence-electron chi connectivity index (χ4n) is 3.48. The van der Waals surface area contributed by atoms with E-state index in [0.717, 1.165) is 29.4 Å². The van der Waals surface area contributed by atoms with Gasteiger partial charge >= 0.3 is 0 Å². The van der Waals surface area contributed by atoms with Gasteiger partial charge < -0.3 is 24.0 Å². The van der Waals surface area contributed by atoms with Crippen LogP contribution in [-0.4, -0.2) is 58.3 Å². The molecule has 7 heteroatoms. The van der Waals surface area contributed by atoms with E-state index in [9.17, 15) is 4.79 Å². The molecule has 0 N–H and O–H groups in total. The Labute approximate surface area is 170 Å². The van der Waals surface area contributed by atoms with Crippen LogP contribution in [0.3, 0.4) is 0 Å². The molecule has 1 aliphatic rings. The van der Waals surface area contributed by atoms with Crippen LogP contribution in [0.4, 0.5) is 5.69 Å². The summed E-state index contributed by atoms with van der Waals surface area (Å²) in [6.45, 7) is 4.77. The first kappa shape index (κ1) is 20.1. The van der Waals surface area contributed by atoms with Crippen molar-refractivity contribution in [3.63, 3.8) is 0 Å². The molecule has 1 amide bonds. The summed E-state index contributed by atoms with van der Waals surface area (Å²) in [6, 6.07) is 9.30. The molecular weight excluding hydrogens is 380 g/mol. The average Bonchev–Trinajstić information content (AvgIpc) is 2.74. The number of benzene rings is 2. The lowest BCUT2D eigenvalue weighted by Crippen LogP contribution is -2.49. The number of carbonyl (C=O) groups excluding carboxylic acids is 1. The van der Waals surface area contributed by atoms with Gasteiger partial charge in [0.15, 0.2) is 11.5 Å². The third-order valence-corrected chi connectivity index (χ3v) is 5.47. The lowest BCUT2D eigenvalue weighted by atomic mass is 10.1. The molecule has 0 spiro atoms. The third-order valence-electron chi connectivity index (χ3n) is 5.06. The molecule has 1 heterocycles. The molecule has 28 heavy (non-hydrogen) atoms. The van der Waals surface area contributed by atoms with Crippen molar-refractivity contribution < 1.29 is 19.0 Å². The Morgan fingerprint density at radius 1 is 0.964 bits per heavy atom. The molecule has 1 aliphatic heterocycles. The van der Waals surface area contributed by atoms with E-state index in [1.165, 1.54) is 14.2 Å². The first-order valence-corrected chi connectivity index (χ1v) is 9.47. The number of hydrogen-bond acceptors (Lipinski definition) is 5. The topological polar surface area (TPSA) is 51.2 Å². The van der Waals surface area contributed by atoms with E-state index in [2.05, 4.69) is 11.0 Å². The lowest BCUT2D eigenvalue weighted by Gasteiger charge is -2.37. The fourth-order valence-corrected chi connectivity index (χ4v) is 3.65. The fraction of sp³-hybridized carbons (Fsp3) is 0.381. The van der Waals surface area contributed by atoms with Crippen molar-refractivity contribution in [1.29, 1.82) is 0 Å². The van der Waals surface area contributed by atoms with Crippen molar-refractivity contribution in [1.82, 2.24) is 4.90 Å². The molecule has 2 aromatic carbocycles. The van der Waals surface area contributed by atoms with E-state index in [-0.39, 0.29) is 5.91 Å². The molecule has 0 aromatic heterocycles. The summed E-state index contributed by atoms with van der Waals surface area (Å²) in [7, 11) is 4.62. The molecule has 150 valence electrons. The first-order valence-electron chi connectivity index (χ1n) is 9.09. The van der Waals surface area contributed by atoms with Crippen molar-refractivity contribution in [3.8, 4) is 17.2 Å². The third kappa shape index (κ3) is 3.83. The molecule has 3 rings (SSSR count). The molecular formula is C21H25ClN2O4. The van der Waals surface area contributed by atoms with Gasteiger partial charge in [0.25, 0.3) is 5.91 Å². The molecule has 0 bridgehead atoms. The number of halogens is 1. The van der Waals surface area contributed by atoms with Crippen molar-refractivity contribution >= 4 is 23.2 Å². The second-order valence-electron chi connectivity index (χ2n) is 6.58. The highest BCUT2D eigenvalue weighted by atomic mass is 35.5. The maximum atomic E-state index is 13.0. The van der Waals surface area contributed by atoms with E-state index in [1.54, 1.807) is 19.2 Å². The summed E-state index contributed by atoms with van der Waals surface area (Å²) < 4.78 is 16.0. The Balaban J connectivity index is 1.76. The van der Waals surface area contributed by atoms with Crippen LogP contribution in [0.5, 0.6) is 17.2 Å². The zero-order valence-electron chi connectivity index (χ0n) is 16.6. The minimum Gasteiger partial charge on any atom is -0.493 e. The number of nitrogens with zero attached hydrogens (tertiary/aromatic N) is 2. The number of ether oxygens (including phenoxy) is 3. The van der Waals surface area contributed by atoms with Gasteiger partial charge in [-0.1, -0.05) is 17.7 Å². The van der Waals surface area contributed by atoms with Gasteiger partial charge in [-0.3, -0.25) is 4.79 Å². The van der Waals surface area contributed by atoms with Gasteiger partial charge in [-0.25, -0.2) is 0 Å². The van der Waals surface area contributed by atoms with Crippen LogP contribution in [0.1, 0.15) is 15.9 Å². The highest BCUT2D eigenvalue weighted by molar-refractivity contribution is 6.31. The monoisotopic (exact) mass is 404 g/mol. The Hall–Kier alpha value is -2.60. The normalized spacial score (nSPS) is 14.0. The second kappa shape index (κ2) is 8.61. The number of amides is 1. The van der Waals surface area contributed by atoms with Gasteiger partial charge in [0.1, 0.15) is 0 Å². The quantitative estimate of drug-likeness (QED) is 0.761. The molecule has 0 atom stereocenters. The van der Waals surface area contributed by atoms with Crippen LogP contribution in [-0.2, 0) is 0 Å². The van der Waals surface area contributed by atoms with Crippen molar-refractivity contribution in [2.45, 2.75) is 6.92 Å². The smallest absolute Gasteiger partial charge is 0.254 e. The van der Waals surface area contributed by atoms with Gasteiger partial charge in [0.05, 0.1) is 21.3 Å². The zero-order valence-corrected chi connectivity index (χ0v) is 17.4. The predicted molar refractivity (Wildman–Crippen MR) is 110 cm³/mol. The van der Waals surface area contributed by atoms with Crippen LogP contribution >= 0.6 is 11.6 Å². The molecule has 0 radical (unpaired) electrons. The summed E-state index contributed by atoms with van der Waals surface area (Å²) in [6.07, 6.45) is 0. The number of anilines is 1. The van der Waals surface area contributed by atoms with Crippen LogP contribution in [0.15, 0.2) is 30.3 Å².